The van der Waals surface area contributed by atoms with Crippen LogP contribution in [0.4, 0.5) is 0 Å². The summed E-state index contributed by atoms with van der Waals surface area (Å²) >= 11 is 6.11. The zero-order valence-corrected chi connectivity index (χ0v) is 17.3. The van der Waals surface area contributed by atoms with E-state index in [-0.39, 0.29) is 24.6 Å². The van der Waals surface area contributed by atoms with Crippen LogP contribution in [0.1, 0.15) is 16.7 Å². The fraction of sp³-hybridized carbons (Fsp3) is 0.182. The van der Waals surface area contributed by atoms with Crippen molar-refractivity contribution in [2.75, 3.05) is 0 Å². The minimum absolute atomic E-state index is 0.138. The van der Waals surface area contributed by atoms with E-state index < -0.39 is 0 Å². The van der Waals surface area contributed by atoms with Crippen LogP contribution in [0.2, 0.25) is 5.02 Å². The largest absolute Gasteiger partial charge is 0.350 e. The average Bonchev–Trinajstić information content (AvgIpc) is 3.14. The van der Waals surface area contributed by atoms with Gasteiger partial charge in [-0.25, -0.2) is 9.67 Å². The Hall–Kier alpha value is -3.45. The molecule has 0 unspecified atom stereocenters. The lowest BCUT2D eigenvalue weighted by Gasteiger charge is -2.09. The first-order chi connectivity index (χ1) is 14.4. The summed E-state index contributed by atoms with van der Waals surface area (Å²) in [6.45, 7) is 4.15. The van der Waals surface area contributed by atoms with Crippen LogP contribution in [-0.4, -0.2) is 25.2 Å². The second-order valence-corrected chi connectivity index (χ2v) is 7.54. The third-order valence-corrected chi connectivity index (χ3v) is 5.25. The molecule has 1 amide bonds. The Morgan fingerprint density at radius 2 is 1.97 bits per heavy atom. The molecule has 0 radical (unpaired) electrons. The number of hydrogen-bond donors (Lipinski definition) is 1. The topological polar surface area (TPSA) is 81.8 Å². The van der Waals surface area contributed by atoms with Gasteiger partial charge in [0.05, 0.1) is 11.9 Å². The first kappa shape index (κ1) is 19.8. The van der Waals surface area contributed by atoms with Gasteiger partial charge in [0.25, 0.3) is 5.56 Å². The molecule has 0 bridgehead atoms. The van der Waals surface area contributed by atoms with E-state index in [1.54, 1.807) is 10.7 Å². The maximum Gasteiger partial charge on any atom is 0.264 e. The van der Waals surface area contributed by atoms with Crippen LogP contribution < -0.4 is 10.9 Å². The molecule has 7 nitrogen and oxygen atoms in total. The van der Waals surface area contributed by atoms with Gasteiger partial charge in [-0.3, -0.25) is 14.2 Å². The van der Waals surface area contributed by atoms with Gasteiger partial charge in [0.2, 0.25) is 5.91 Å². The standard InChI is InChI=1S/C22H20ClN5O2/c1-14-7-8-19(15(2)9-14)28-21-17(11-26-28)22(30)27(13-25-21)12-20(29)24-10-16-5-3-4-6-18(16)23/h3-9,11,13H,10,12H2,1-2H3,(H,24,29). The van der Waals surface area contributed by atoms with Gasteiger partial charge in [0.1, 0.15) is 18.3 Å². The van der Waals surface area contributed by atoms with Crippen LogP contribution in [0.25, 0.3) is 16.7 Å². The average molecular weight is 422 g/mol. The summed E-state index contributed by atoms with van der Waals surface area (Å²) in [6, 6.07) is 13.3. The first-order valence-electron chi connectivity index (χ1n) is 9.45. The molecule has 0 aliphatic rings. The summed E-state index contributed by atoms with van der Waals surface area (Å²) in [5.74, 6) is -0.306. The lowest BCUT2D eigenvalue weighted by Crippen LogP contribution is -2.32. The van der Waals surface area contributed by atoms with Crippen LogP contribution in [0, 0.1) is 13.8 Å². The zero-order valence-electron chi connectivity index (χ0n) is 16.6. The molecule has 8 heteroatoms. The number of rotatable bonds is 5. The highest BCUT2D eigenvalue weighted by molar-refractivity contribution is 6.31. The molecule has 30 heavy (non-hydrogen) atoms. The fourth-order valence-electron chi connectivity index (χ4n) is 3.33. The van der Waals surface area contributed by atoms with Gasteiger partial charge < -0.3 is 5.32 Å². The Bertz CT molecular complexity index is 1310. The molecule has 0 spiro atoms. The fourth-order valence-corrected chi connectivity index (χ4v) is 3.53. The van der Waals surface area contributed by atoms with E-state index in [2.05, 4.69) is 15.4 Å². The lowest BCUT2D eigenvalue weighted by molar-refractivity contribution is -0.121. The van der Waals surface area contributed by atoms with Crippen molar-refractivity contribution in [2.45, 2.75) is 26.9 Å². The molecule has 0 saturated carbocycles. The summed E-state index contributed by atoms with van der Waals surface area (Å²) in [4.78, 5) is 29.6. The second-order valence-electron chi connectivity index (χ2n) is 7.13. The SMILES string of the molecule is Cc1ccc(-n2ncc3c(=O)n(CC(=O)NCc4ccccc4Cl)cnc32)c(C)c1. The summed E-state index contributed by atoms with van der Waals surface area (Å²) < 4.78 is 2.92. The highest BCUT2D eigenvalue weighted by Gasteiger charge is 2.14. The number of hydrogen-bond acceptors (Lipinski definition) is 4. The van der Waals surface area contributed by atoms with Gasteiger partial charge in [0, 0.05) is 11.6 Å². The Kier molecular flexibility index (Phi) is 5.37. The van der Waals surface area contributed by atoms with Crippen molar-refractivity contribution in [3.8, 4) is 5.69 Å². The van der Waals surface area contributed by atoms with Crippen molar-refractivity contribution < 1.29 is 4.79 Å². The number of nitrogens with zero attached hydrogens (tertiary/aromatic N) is 4. The molecule has 2 aromatic carbocycles. The van der Waals surface area contributed by atoms with Crippen molar-refractivity contribution in [2.24, 2.45) is 0 Å². The summed E-state index contributed by atoms with van der Waals surface area (Å²) in [7, 11) is 0. The summed E-state index contributed by atoms with van der Waals surface area (Å²) in [5, 5.41) is 8.06. The number of amides is 1. The number of aryl methyl sites for hydroxylation is 2. The van der Waals surface area contributed by atoms with Crippen molar-refractivity contribution in [3.63, 3.8) is 0 Å². The van der Waals surface area contributed by atoms with Crippen molar-refractivity contribution in [1.29, 1.82) is 0 Å². The molecule has 0 fully saturated rings. The normalized spacial score (nSPS) is 11.0. The number of benzene rings is 2. The van der Waals surface area contributed by atoms with Gasteiger partial charge in [0.15, 0.2) is 5.65 Å². The number of fused-ring (bicyclic) bond motifs is 1. The highest BCUT2D eigenvalue weighted by atomic mass is 35.5. The Morgan fingerprint density at radius 1 is 1.17 bits per heavy atom. The number of carbonyl (C=O) groups is 1. The first-order valence-corrected chi connectivity index (χ1v) is 9.83. The van der Waals surface area contributed by atoms with Crippen LogP contribution in [0.5, 0.6) is 0 Å². The van der Waals surface area contributed by atoms with Gasteiger partial charge in [-0.05, 0) is 37.1 Å². The summed E-state index contributed by atoms with van der Waals surface area (Å²) in [6.07, 6.45) is 2.86. The van der Waals surface area contributed by atoms with Crippen molar-refractivity contribution in [1.82, 2.24) is 24.6 Å². The predicted molar refractivity (Wildman–Crippen MR) is 116 cm³/mol. The van der Waals surface area contributed by atoms with Gasteiger partial charge in [-0.1, -0.05) is 47.5 Å². The Morgan fingerprint density at radius 3 is 2.73 bits per heavy atom. The molecule has 0 aliphatic heterocycles. The predicted octanol–water partition coefficient (Wildman–Crippen LogP) is 3.17. The molecule has 0 saturated heterocycles. The molecule has 0 aliphatic carbocycles. The Labute approximate surface area is 177 Å². The highest BCUT2D eigenvalue weighted by Crippen LogP contribution is 2.18. The van der Waals surface area contributed by atoms with E-state index >= 15 is 0 Å². The van der Waals surface area contributed by atoms with E-state index in [1.807, 2.05) is 50.2 Å². The third-order valence-electron chi connectivity index (χ3n) is 4.88. The maximum atomic E-state index is 12.8. The van der Waals surface area contributed by atoms with E-state index in [0.717, 1.165) is 22.4 Å². The van der Waals surface area contributed by atoms with E-state index in [4.69, 9.17) is 11.6 Å². The molecule has 2 aromatic heterocycles. The molecule has 2 heterocycles. The second kappa shape index (κ2) is 8.12. The lowest BCUT2D eigenvalue weighted by atomic mass is 10.1. The van der Waals surface area contributed by atoms with Crippen LogP contribution in [-0.2, 0) is 17.9 Å². The number of carbonyl (C=O) groups excluding carboxylic acids is 1. The van der Waals surface area contributed by atoms with Crippen LogP contribution in [0.3, 0.4) is 0 Å². The molecule has 152 valence electrons. The molecular formula is C22H20ClN5O2. The summed E-state index contributed by atoms with van der Waals surface area (Å²) in [5.41, 5.74) is 3.99. The minimum atomic E-state index is -0.316. The maximum absolute atomic E-state index is 12.8. The Balaban J connectivity index is 1.56. The van der Waals surface area contributed by atoms with Crippen molar-refractivity contribution >= 4 is 28.5 Å². The smallest absolute Gasteiger partial charge is 0.264 e. The van der Waals surface area contributed by atoms with Gasteiger partial charge >= 0.3 is 0 Å². The number of nitrogens with one attached hydrogen (secondary N) is 1. The van der Waals surface area contributed by atoms with Crippen molar-refractivity contribution in [3.05, 3.63) is 87.1 Å². The molecule has 0 atom stereocenters. The van der Waals surface area contributed by atoms with E-state index in [0.29, 0.717) is 16.1 Å². The number of aromatic nitrogens is 4. The molecular weight excluding hydrogens is 402 g/mol. The van der Waals surface area contributed by atoms with Gasteiger partial charge in [-0.15, -0.1) is 0 Å². The molecule has 4 aromatic rings. The van der Waals surface area contributed by atoms with Gasteiger partial charge in [-0.2, -0.15) is 5.10 Å². The monoisotopic (exact) mass is 421 g/mol. The quantitative estimate of drug-likeness (QED) is 0.536. The molecule has 1 N–H and O–H groups in total. The number of halogens is 1. The van der Waals surface area contributed by atoms with E-state index in [1.165, 1.54) is 17.1 Å². The minimum Gasteiger partial charge on any atom is -0.350 e. The zero-order chi connectivity index (χ0) is 21.3. The van der Waals surface area contributed by atoms with E-state index in [9.17, 15) is 9.59 Å². The van der Waals surface area contributed by atoms with Crippen LogP contribution >= 0.6 is 11.6 Å². The van der Waals surface area contributed by atoms with Crippen LogP contribution in [0.15, 0.2) is 59.8 Å². The molecule has 4 rings (SSSR count). The third kappa shape index (κ3) is 3.84.